The Bertz CT molecular complexity index is 476. The zero-order valence-corrected chi connectivity index (χ0v) is 8.38. The number of nitrogens with one attached hydrogen (secondary N) is 1. The van der Waals surface area contributed by atoms with Gasteiger partial charge < -0.3 is 4.98 Å². The summed E-state index contributed by atoms with van der Waals surface area (Å²) in [6.45, 7) is 1.67. The Kier molecular flexibility index (Phi) is 2.25. The quantitative estimate of drug-likeness (QED) is 0.609. The first kappa shape index (κ1) is 9.21. The number of carbonyl (C=O) groups is 1. The predicted octanol–water partition coefficient (Wildman–Crippen LogP) is 2.37. The average Bonchev–Trinajstić information content (AvgIpc) is 2.60. The number of fused-ring (bicyclic) bond motifs is 1. The van der Waals surface area contributed by atoms with Crippen LogP contribution in [0.25, 0.3) is 10.9 Å². The van der Waals surface area contributed by atoms with Gasteiger partial charge in [-0.2, -0.15) is 0 Å². The molecular formula is C10H9ClN2O. The van der Waals surface area contributed by atoms with Crippen molar-refractivity contribution >= 4 is 28.3 Å². The van der Waals surface area contributed by atoms with Gasteiger partial charge in [-0.05, 0) is 13.0 Å². The molecule has 72 valence electrons. The van der Waals surface area contributed by atoms with Gasteiger partial charge in [0.15, 0.2) is 5.78 Å². The third-order valence-electron chi connectivity index (χ3n) is 2.11. The summed E-state index contributed by atoms with van der Waals surface area (Å²) in [7, 11) is 0. The van der Waals surface area contributed by atoms with Crippen LogP contribution < -0.4 is 0 Å². The Hall–Kier alpha value is -1.35. The molecule has 0 aliphatic carbocycles. The summed E-state index contributed by atoms with van der Waals surface area (Å²) in [4.78, 5) is 18.6. The predicted molar refractivity (Wildman–Crippen MR) is 55.7 cm³/mol. The van der Waals surface area contributed by atoms with E-state index in [-0.39, 0.29) is 5.78 Å². The van der Waals surface area contributed by atoms with Crippen LogP contribution in [0, 0.1) is 0 Å². The molecule has 2 rings (SSSR count). The number of aromatic nitrogens is 2. The number of alkyl halides is 1. The summed E-state index contributed by atoms with van der Waals surface area (Å²) in [5, 5.41) is 0.319. The Balaban J connectivity index is 2.58. The van der Waals surface area contributed by atoms with Crippen molar-refractivity contribution in [3.05, 3.63) is 30.2 Å². The number of hydrogen-bond acceptors (Lipinski definition) is 2. The summed E-state index contributed by atoms with van der Waals surface area (Å²) in [5.74, 6) is -0.0779. The molecule has 0 fully saturated rings. The third kappa shape index (κ3) is 1.40. The second-order valence-electron chi connectivity index (χ2n) is 3.10. The van der Waals surface area contributed by atoms with Crippen molar-refractivity contribution in [2.45, 2.75) is 12.3 Å². The number of pyridine rings is 1. The molecule has 0 aliphatic heterocycles. The van der Waals surface area contributed by atoms with Crippen LogP contribution in [0.4, 0.5) is 0 Å². The van der Waals surface area contributed by atoms with E-state index in [9.17, 15) is 4.79 Å². The molecule has 2 aromatic rings. The van der Waals surface area contributed by atoms with Crippen LogP contribution in [0.15, 0.2) is 24.7 Å². The lowest BCUT2D eigenvalue weighted by Crippen LogP contribution is -2.09. The van der Waals surface area contributed by atoms with Gasteiger partial charge in [-0.25, -0.2) is 0 Å². The van der Waals surface area contributed by atoms with E-state index in [2.05, 4.69) is 9.97 Å². The maximum absolute atomic E-state index is 11.6. The number of aromatic amines is 1. The molecule has 1 unspecified atom stereocenters. The summed E-state index contributed by atoms with van der Waals surface area (Å²) in [6.07, 6.45) is 5.02. The van der Waals surface area contributed by atoms with E-state index in [1.54, 1.807) is 25.5 Å². The molecule has 3 nitrogen and oxygen atoms in total. The van der Waals surface area contributed by atoms with Gasteiger partial charge in [-0.15, -0.1) is 11.6 Å². The van der Waals surface area contributed by atoms with Crippen molar-refractivity contribution in [1.29, 1.82) is 0 Å². The standard InChI is InChI=1S/C10H9ClN2O/c1-6(11)10(14)8-5-13-9-2-3-12-4-7(8)9/h2-6,13H,1H3. The van der Waals surface area contributed by atoms with Crippen molar-refractivity contribution in [2.24, 2.45) is 0 Å². The minimum absolute atomic E-state index is 0.0779. The third-order valence-corrected chi connectivity index (χ3v) is 2.31. The largest absolute Gasteiger partial charge is 0.360 e. The Labute approximate surface area is 86.1 Å². The lowest BCUT2D eigenvalue weighted by Gasteiger charge is -1.99. The highest BCUT2D eigenvalue weighted by Gasteiger charge is 2.16. The first-order valence-electron chi connectivity index (χ1n) is 4.29. The minimum Gasteiger partial charge on any atom is -0.360 e. The zero-order chi connectivity index (χ0) is 10.1. The molecule has 0 saturated heterocycles. The molecule has 0 spiro atoms. The van der Waals surface area contributed by atoms with Gasteiger partial charge in [-0.1, -0.05) is 0 Å². The first-order chi connectivity index (χ1) is 6.70. The van der Waals surface area contributed by atoms with Crippen molar-refractivity contribution in [3.63, 3.8) is 0 Å². The molecule has 2 aromatic heterocycles. The molecule has 0 aromatic carbocycles. The fourth-order valence-corrected chi connectivity index (χ4v) is 1.50. The van der Waals surface area contributed by atoms with Crippen LogP contribution in [0.3, 0.4) is 0 Å². The number of carbonyl (C=O) groups excluding carboxylic acids is 1. The lowest BCUT2D eigenvalue weighted by molar-refractivity contribution is 0.0993. The zero-order valence-electron chi connectivity index (χ0n) is 7.62. The van der Waals surface area contributed by atoms with Crippen LogP contribution in [-0.4, -0.2) is 21.1 Å². The van der Waals surface area contributed by atoms with Gasteiger partial charge in [0.1, 0.15) is 0 Å². The van der Waals surface area contributed by atoms with Crippen LogP contribution in [0.5, 0.6) is 0 Å². The van der Waals surface area contributed by atoms with Crippen molar-refractivity contribution < 1.29 is 4.79 Å². The highest BCUT2D eigenvalue weighted by Crippen LogP contribution is 2.19. The van der Waals surface area contributed by atoms with E-state index in [0.717, 1.165) is 10.9 Å². The molecule has 0 aliphatic rings. The topological polar surface area (TPSA) is 45.8 Å². The summed E-state index contributed by atoms with van der Waals surface area (Å²) in [6, 6.07) is 1.82. The van der Waals surface area contributed by atoms with E-state index >= 15 is 0 Å². The number of H-pyrrole nitrogens is 1. The highest BCUT2D eigenvalue weighted by atomic mass is 35.5. The monoisotopic (exact) mass is 208 g/mol. The molecule has 0 saturated carbocycles. The number of hydrogen-bond donors (Lipinski definition) is 1. The van der Waals surface area contributed by atoms with E-state index in [1.165, 1.54) is 0 Å². The molecule has 1 atom stereocenters. The first-order valence-corrected chi connectivity index (χ1v) is 4.73. The lowest BCUT2D eigenvalue weighted by atomic mass is 10.1. The van der Waals surface area contributed by atoms with E-state index in [1.807, 2.05) is 6.07 Å². The van der Waals surface area contributed by atoms with Crippen LogP contribution in [0.2, 0.25) is 0 Å². The van der Waals surface area contributed by atoms with Gasteiger partial charge in [0.05, 0.1) is 5.38 Å². The summed E-state index contributed by atoms with van der Waals surface area (Å²) >= 11 is 5.74. The average molecular weight is 209 g/mol. The van der Waals surface area contributed by atoms with E-state index in [4.69, 9.17) is 11.6 Å². The molecule has 14 heavy (non-hydrogen) atoms. The summed E-state index contributed by atoms with van der Waals surface area (Å²) in [5.41, 5.74) is 1.51. The van der Waals surface area contributed by atoms with Gasteiger partial charge in [0.2, 0.25) is 0 Å². The second kappa shape index (κ2) is 3.42. The van der Waals surface area contributed by atoms with Gasteiger partial charge in [0, 0.05) is 35.1 Å². The number of nitrogens with zero attached hydrogens (tertiary/aromatic N) is 1. The maximum atomic E-state index is 11.6. The smallest absolute Gasteiger partial charge is 0.182 e. The minimum atomic E-state index is -0.505. The SMILES string of the molecule is CC(Cl)C(=O)c1c[nH]c2ccncc12. The molecular weight excluding hydrogens is 200 g/mol. The molecule has 0 radical (unpaired) electrons. The van der Waals surface area contributed by atoms with Crippen molar-refractivity contribution in [2.75, 3.05) is 0 Å². The van der Waals surface area contributed by atoms with Crippen LogP contribution >= 0.6 is 11.6 Å². The molecule has 4 heteroatoms. The summed E-state index contributed by atoms with van der Waals surface area (Å²) < 4.78 is 0. The number of rotatable bonds is 2. The van der Waals surface area contributed by atoms with E-state index in [0.29, 0.717) is 5.56 Å². The molecule has 1 N–H and O–H groups in total. The number of ketones is 1. The van der Waals surface area contributed by atoms with Gasteiger partial charge in [-0.3, -0.25) is 9.78 Å². The molecule has 0 amide bonds. The van der Waals surface area contributed by atoms with Crippen LogP contribution in [-0.2, 0) is 0 Å². The fraction of sp³-hybridized carbons (Fsp3) is 0.200. The van der Waals surface area contributed by atoms with Crippen molar-refractivity contribution in [3.8, 4) is 0 Å². The van der Waals surface area contributed by atoms with Gasteiger partial charge in [0.25, 0.3) is 0 Å². The van der Waals surface area contributed by atoms with Gasteiger partial charge >= 0.3 is 0 Å². The highest BCUT2D eigenvalue weighted by molar-refractivity contribution is 6.34. The normalized spacial score (nSPS) is 13.0. The molecule has 0 bridgehead atoms. The van der Waals surface area contributed by atoms with Crippen molar-refractivity contribution in [1.82, 2.24) is 9.97 Å². The maximum Gasteiger partial charge on any atom is 0.182 e. The Morgan fingerprint density at radius 1 is 1.64 bits per heavy atom. The number of Topliss-reactive ketones (excluding diaryl/α,β-unsaturated/α-hetero) is 1. The second-order valence-corrected chi connectivity index (χ2v) is 3.76. The van der Waals surface area contributed by atoms with Crippen LogP contribution in [0.1, 0.15) is 17.3 Å². The molecule has 2 heterocycles. The Morgan fingerprint density at radius 2 is 2.43 bits per heavy atom. The van der Waals surface area contributed by atoms with E-state index < -0.39 is 5.38 Å². The Morgan fingerprint density at radius 3 is 3.14 bits per heavy atom. The fourth-order valence-electron chi connectivity index (χ4n) is 1.38. The number of halogens is 1.